The first-order valence-electron chi connectivity index (χ1n) is 11.3. The molecule has 0 bridgehead atoms. The predicted octanol–water partition coefficient (Wildman–Crippen LogP) is 3.62. The zero-order chi connectivity index (χ0) is 27.7. The maximum absolute atomic E-state index is 12.1. The van der Waals surface area contributed by atoms with Gasteiger partial charge in [0, 0.05) is 33.8 Å². The molecular formula is C26H26Cl2N8O2. The number of rotatable bonds is 5. The zero-order valence-electron chi connectivity index (χ0n) is 21.2. The second-order valence-corrected chi connectivity index (χ2v) is 9.14. The normalized spacial score (nSPS) is 11.7. The maximum atomic E-state index is 12.1. The highest BCUT2D eigenvalue weighted by Gasteiger charge is 2.24. The third-order valence-corrected chi connectivity index (χ3v) is 5.72. The Kier molecular flexibility index (Phi) is 9.99. The molecule has 10 nitrogen and oxygen atoms in total. The molecule has 2 aromatic carbocycles. The lowest BCUT2D eigenvalue weighted by Crippen LogP contribution is -2.29. The Bertz CT molecular complexity index is 1410. The molecule has 2 aromatic heterocycles. The molecule has 0 saturated heterocycles. The summed E-state index contributed by atoms with van der Waals surface area (Å²) in [7, 11) is 6.58. The van der Waals surface area contributed by atoms with Crippen molar-refractivity contribution in [3.8, 4) is 34.5 Å². The van der Waals surface area contributed by atoms with Gasteiger partial charge >= 0.3 is 0 Å². The summed E-state index contributed by atoms with van der Waals surface area (Å²) in [6.07, 6.45) is 0. The van der Waals surface area contributed by atoms with Crippen molar-refractivity contribution in [2.24, 2.45) is 0 Å². The Labute approximate surface area is 230 Å². The summed E-state index contributed by atoms with van der Waals surface area (Å²) in [5, 5.41) is 20.0. The van der Waals surface area contributed by atoms with Crippen molar-refractivity contribution in [3.05, 3.63) is 71.9 Å². The van der Waals surface area contributed by atoms with E-state index in [2.05, 4.69) is 42.7 Å². The fourth-order valence-corrected chi connectivity index (χ4v) is 3.56. The van der Waals surface area contributed by atoms with Crippen LogP contribution in [0.15, 0.2) is 60.7 Å². The molecule has 196 valence electrons. The number of aromatic nitrogens is 6. The SMILES string of the molecule is CN(C)C(=O)C(Cl)C#CC(Cl)c1ccccc1.CN(C)C(=O)c1n[nH]nc1-c1n[nH]nc1-c1ccccc1. The van der Waals surface area contributed by atoms with Crippen LogP contribution < -0.4 is 0 Å². The number of nitrogens with zero attached hydrogens (tertiary/aromatic N) is 6. The molecule has 0 spiro atoms. The molecule has 2 N–H and O–H groups in total. The summed E-state index contributed by atoms with van der Waals surface area (Å²) in [5.74, 6) is 4.94. The average Bonchev–Trinajstić information content (AvgIpc) is 3.61. The molecule has 4 rings (SSSR count). The fourth-order valence-electron chi connectivity index (χ4n) is 3.09. The summed E-state index contributed by atoms with van der Waals surface area (Å²) in [4.78, 5) is 26.4. The van der Waals surface area contributed by atoms with Gasteiger partial charge in [-0.05, 0) is 5.56 Å². The largest absolute Gasteiger partial charge is 0.347 e. The minimum atomic E-state index is -0.852. The molecule has 0 radical (unpaired) electrons. The first-order valence-corrected chi connectivity index (χ1v) is 12.2. The Hall–Kier alpha value is -4.20. The van der Waals surface area contributed by atoms with Crippen LogP contribution in [0.2, 0.25) is 0 Å². The predicted molar refractivity (Wildman–Crippen MR) is 146 cm³/mol. The maximum Gasteiger partial charge on any atom is 0.276 e. The van der Waals surface area contributed by atoms with Gasteiger partial charge in [-0.1, -0.05) is 84.1 Å². The molecule has 2 atom stereocenters. The summed E-state index contributed by atoms with van der Waals surface area (Å²) < 4.78 is 0. The Morgan fingerprint density at radius 3 is 1.89 bits per heavy atom. The van der Waals surface area contributed by atoms with Gasteiger partial charge in [0.25, 0.3) is 11.8 Å². The summed E-state index contributed by atoms with van der Waals surface area (Å²) in [6, 6.07) is 19.0. The van der Waals surface area contributed by atoms with Gasteiger partial charge in [0.15, 0.2) is 11.1 Å². The van der Waals surface area contributed by atoms with E-state index in [-0.39, 0.29) is 17.5 Å². The lowest BCUT2D eigenvalue weighted by atomic mass is 10.1. The van der Waals surface area contributed by atoms with Crippen LogP contribution in [0.4, 0.5) is 0 Å². The van der Waals surface area contributed by atoms with Crippen LogP contribution >= 0.6 is 23.2 Å². The number of hydrogen-bond donors (Lipinski definition) is 2. The fraction of sp³-hybridized carbons (Fsp3) is 0.231. The minimum absolute atomic E-state index is 0.214. The number of alkyl halides is 2. The highest BCUT2D eigenvalue weighted by molar-refractivity contribution is 6.33. The van der Waals surface area contributed by atoms with E-state index in [1.807, 2.05) is 60.7 Å². The molecule has 4 aromatic rings. The number of carbonyl (C=O) groups excluding carboxylic acids is 2. The van der Waals surface area contributed by atoms with Crippen LogP contribution in [0.1, 0.15) is 21.4 Å². The Balaban J connectivity index is 0.000000216. The standard InChI is InChI=1S/C13H13Cl2NO.C13H13N7O/c1-16(2)13(17)12(15)9-8-11(14)10-6-4-3-5-7-10;1-20(2)13(21)12-11(16-19-17-12)10-9(14-18-15-10)8-6-4-3-5-7-8/h3-7,11-12H,1-2H3;3-7H,1-2H3,(H,14,15,18)(H,16,17,19). The monoisotopic (exact) mass is 552 g/mol. The molecule has 0 fully saturated rings. The van der Waals surface area contributed by atoms with Gasteiger partial charge in [0.1, 0.15) is 22.5 Å². The van der Waals surface area contributed by atoms with Crippen LogP contribution in [0.25, 0.3) is 22.6 Å². The number of aromatic amines is 2. The minimum Gasteiger partial charge on any atom is -0.347 e. The number of carbonyl (C=O) groups is 2. The smallest absolute Gasteiger partial charge is 0.276 e. The van der Waals surface area contributed by atoms with E-state index >= 15 is 0 Å². The number of nitrogens with one attached hydrogen (secondary N) is 2. The Morgan fingerprint density at radius 2 is 1.29 bits per heavy atom. The summed E-state index contributed by atoms with van der Waals surface area (Å²) in [6.45, 7) is 0. The van der Waals surface area contributed by atoms with Crippen molar-refractivity contribution < 1.29 is 9.59 Å². The molecule has 0 aliphatic rings. The van der Waals surface area contributed by atoms with Crippen LogP contribution in [-0.4, -0.2) is 86.0 Å². The zero-order valence-corrected chi connectivity index (χ0v) is 22.7. The highest BCUT2D eigenvalue weighted by Crippen LogP contribution is 2.28. The third-order valence-electron chi connectivity index (χ3n) is 5.06. The van der Waals surface area contributed by atoms with Gasteiger partial charge in [0.2, 0.25) is 0 Å². The first-order chi connectivity index (χ1) is 18.2. The second-order valence-electron chi connectivity index (χ2n) is 8.26. The average molecular weight is 553 g/mol. The van der Waals surface area contributed by atoms with Crippen molar-refractivity contribution >= 4 is 35.0 Å². The lowest BCUT2D eigenvalue weighted by Gasteiger charge is -2.10. The van der Waals surface area contributed by atoms with E-state index in [4.69, 9.17) is 23.2 Å². The number of hydrogen-bond acceptors (Lipinski definition) is 6. The Morgan fingerprint density at radius 1 is 0.737 bits per heavy atom. The van der Waals surface area contributed by atoms with Crippen LogP contribution in [0.5, 0.6) is 0 Å². The van der Waals surface area contributed by atoms with Gasteiger partial charge in [-0.3, -0.25) is 9.59 Å². The number of halogens is 2. The highest BCUT2D eigenvalue weighted by atomic mass is 35.5. The van der Waals surface area contributed by atoms with Crippen LogP contribution in [-0.2, 0) is 4.79 Å². The summed E-state index contributed by atoms with van der Waals surface area (Å²) >= 11 is 11.9. The number of benzene rings is 2. The quantitative estimate of drug-likeness (QED) is 0.288. The van der Waals surface area contributed by atoms with Gasteiger partial charge in [-0.25, -0.2) is 0 Å². The van der Waals surface area contributed by atoms with Crippen LogP contribution in [0.3, 0.4) is 0 Å². The lowest BCUT2D eigenvalue weighted by molar-refractivity contribution is -0.127. The van der Waals surface area contributed by atoms with E-state index in [1.165, 1.54) is 9.80 Å². The van der Waals surface area contributed by atoms with Crippen LogP contribution in [0, 0.1) is 11.8 Å². The molecule has 38 heavy (non-hydrogen) atoms. The van der Waals surface area contributed by atoms with E-state index in [0.29, 0.717) is 17.1 Å². The van der Waals surface area contributed by atoms with E-state index in [1.54, 1.807) is 28.2 Å². The molecule has 0 aliphatic heterocycles. The van der Waals surface area contributed by atoms with E-state index in [0.717, 1.165) is 11.1 Å². The van der Waals surface area contributed by atoms with Crippen molar-refractivity contribution in [1.82, 2.24) is 40.6 Å². The van der Waals surface area contributed by atoms with Crippen molar-refractivity contribution in [1.29, 1.82) is 0 Å². The van der Waals surface area contributed by atoms with Gasteiger partial charge in [-0.2, -0.15) is 30.8 Å². The number of amides is 2. The first kappa shape index (κ1) is 28.4. The van der Waals surface area contributed by atoms with Crippen molar-refractivity contribution in [3.63, 3.8) is 0 Å². The topological polar surface area (TPSA) is 124 Å². The van der Waals surface area contributed by atoms with Crippen molar-refractivity contribution in [2.75, 3.05) is 28.2 Å². The van der Waals surface area contributed by atoms with E-state index < -0.39 is 10.8 Å². The molecule has 0 saturated carbocycles. The molecule has 2 heterocycles. The van der Waals surface area contributed by atoms with Gasteiger partial charge < -0.3 is 9.80 Å². The summed E-state index contributed by atoms with van der Waals surface area (Å²) in [5.41, 5.74) is 3.47. The number of H-pyrrole nitrogens is 2. The van der Waals surface area contributed by atoms with E-state index in [9.17, 15) is 9.59 Å². The second kappa shape index (κ2) is 13.4. The van der Waals surface area contributed by atoms with Gasteiger partial charge in [-0.15, -0.1) is 11.6 Å². The molecule has 0 aliphatic carbocycles. The molecule has 12 heteroatoms. The van der Waals surface area contributed by atoms with Gasteiger partial charge in [0.05, 0.1) is 0 Å². The molecule has 2 amide bonds. The third kappa shape index (κ3) is 7.18. The molecular weight excluding hydrogens is 527 g/mol. The molecule has 2 unspecified atom stereocenters. The van der Waals surface area contributed by atoms with Crippen molar-refractivity contribution in [2.45, 2.75) is 10.8 Å².